The van der Waals surface area contributed by atoms with Gasteiger partial charge < -0.3 is 5.73 Å². The molecule has 0 spiro atoms. The molecule has 0 bridgehead atoms. The van der Waals surface area contributed by atoms with Gasteiger partial charge in [0, 0.05) is 5.71 Å². The molecule has 2 N–H and O–H groups in total. The summed E-state index contributed by atoms with van der Waals surface area (Å²) in [6.07, 6.45) is 1.01. The molecule has 0 rings (SSSR count). The first-order valence-electron chi connectivity index (χ1n) is 2.51. The van der Waals surface area contributed by atoms with Crippen LogP contribution in [-0.4, -0.2) is 12.4 Å². The summed E-state index contributed by atoms with van der Waals surface area (Å²) in [5, 5.41) is 0. The van der Waals surface area contributed by atoms with Crippen LogP contribution < -0.4 is 5.73 Å². The van der Waals surface area contributed by atoms with Crippen molar-refractivity contribution >= 4 is 5.71 Å². The van der Waals surface area contributed by atoms with E-state index in [1.165, 1.54) is 0 Å². The van der Waals surface area contributed by atoms with E-state index in [2.05, 4.69) is 11.9 Å². The van der Waals surface area contributed by atoms with Crippen molar-refractivity contribution in [3.63, 3.8) is 0 Å². The third kappa shape index (κ3) is 3.46. The fourth-order valence-electron chi connectivity index (χ4n) is 0.268. The lowest BCUT2D eigenvalue weighted by Gasteiger charge is -1.88. The van der Waals surface area contributed by atoms with Gasteiger partial charge in [-0.2, -0.15) is 0 Å². The molecule has 2 nitrogen and oxygen atoms in total. The third-order valence-electron chi connectivity index (χ3n) is 0.873. The van der Waals surface area contributed by atoms with Crippen LogP contribution in [0, 0.1) is 0 Å². The maximum absolute atomic E-state index is 5.12. The van der Waals surface area contributed by atoms with Crippen molar-refractivity contribution in [3.8, 4) is 0 Å². The second kappa shape index (κ2) is 3.81. The Labute approximate surface area is 44.4 Å². The molecular weight excluding hydrogens is 88.1 g/mol. The average Bonchev–Trinajstić information content (AvgIpc) is 1.68. The Morgan fingerprint density at radius 1 is 1.71 bits per heavy atom. The highest BCUT2D eigenvalue weighted by Crippen LogP contribution is 1.79. The molecule has 0 aliphatic carbocycles. The summed E-state index contributed by atoms with van der Waals surface area (Å²) in [5.74, 6) is 0. The van der Waals surface area contributed by atoms with Gasteiger partial charge in [-0.05, 0) is 13.3 Å². The van der Waals surface area contributed by atoms with E-state index in [9.17, 15) is 0 Å². The smallest absolute Gasteiger partial charge is 0.0858 e. The minimum atomic E-state index is 0.430. The first kappa shape index (κ1) is 6.63. The lowest BCUT2D eigenvalue weighted by molar-refractivity contribution is 1.05. The zero-order valence-electron chi connectivity index (χ0n) is 4.94. The van der Waals surface area contributed by atoms with E-state index >= 15 is 0 Å². The Balaban J connectivity index is 3.29. The maximum Gasteiger partial charge on any atom is 0.0858 e. The van der Waals surface area contributed by atoms with Crippen LogP contribution in [0.4, 0.5) is 0 Å². The van der Waals surface area contributed by atoms with Gasteiger partial charge in [-0.25, -0.2) is 0 Å². The van der Waals surface area contributed by atoms with Gasteiger partial charge >= 0.3 is 0 Å². The topological polar surface area (TPSA) is 38.4 Å². The number of nitrogens with zero attached hydrogens (tertiary/aromatic N) is 1. The molecule has 0 atom stereocenters. The summed E-state index contributed by atoms with van der Waals surface area (Å²) in [6, 6.07) is 0. The standard InChI is InChI=1S/C5H12N2/c1-3-5(2)7-4-6/h3-4,6H2,1-2H3. The Hall–Kier alpha value is -0.370. The summed E-state index contributed by atoms with van der Waals surface area (Å²) < 4.78 is 0. The van der Waals surface area contributed by atoms with Gasteiger partial charge in [0.15, 0.2) is 0 Å². The number of rotatable bonds is 2. The number of nitrogens with two attached hydrogens (primary N) is 1. The van der Waals surface area contributed by atoms with E-state index in [-0.39, 0.29) is 0 Å². The Kier molecular flexibility index (Phi) is 3.61. The monoisotopic (exact) mass is 100 g/mol. The molecule has 0 aromatic heterocycles. The Bertz CT molecular complexity index is 66.5. The minimum Gasteiger partial charge on any atom is -0.312 e. The summed E-state index contributed by atoms with van der Waals surface area (Å²) in [6.45, 7) is 4.47. The van der Waals surface area contributed by atoms with Gasteiger partial charge in [-0.3, -0.25) is 4.99 Å². The van der Waals surface area contributed by atoms with Crippen LogP contribution in [0.3, 0.4) is 0 Å². The molecular formula is C5H12N2. The maximum atomic E-state index is 5.12. The number of aliphatic imine (C=N–C) groups is 1. The Morgan fingerprint density at radius 3 is 2.43 bits per heavy atom. The largest absolute Gasteiger partial charge is 0.312 e. The predicted octanol–water partition coefficient (Wildman–Crippen LogP) is 0.774. The highest BCUT2D eigenvalue weighted by Gasteiger charge is 1.78. The summed E-state index contributed by atoms with van der Waals surface area (Å²) in [4.78, 5) is 3.94. The highest BCUT2D eigenvalue weighted by atomic mass is 14.9. The molecule has 0 heterocycles. The highest BCUT2D eigenvalue weighted by molar-refractivity contribution is 5.81. The molecule has 0 aliphatic heterocycles. The van der Waals surface area contributed by atoms with Crippen LogP contribution in [0.5, 0.6) is 0 Å². The molecule has 0 saturated heterocycles. The van der Waals surface area contributed by atoms with Crippen molar-refractivity contribution in [3.05, 3.63) is 0 Å². The van der Waals surface area contributed by atoms with Gasteiger partial charge in [-0.15, -0.1) is 0 Å². The van der Waals surface area contributed by atoms with Gasteiger partial charge in [0.1, 0.15) is 0 Å². The van der Waals surface area contributed by atoms with Crippen molar-refractivity contribution < 1.29 is 0 Å². The first-order chi connectivity index (χ1) is 3.31. The van der Waals surface area contributed by atoms with Crippen molar-refractivity contribution in [2.24, 2.45) is 10.7 Å². The normalized spacial score (nSPS) is 12.1. The van der Waals surface area contributed by atoms with E-state index in [1.807, 2.05) is 6.92 Å². The number of hydrogen-bond acceptors (Lipinski definition) is 2. The van der Waals surface area contributed by atoms with Crippen molar-refractivity contribution in [1.29, 1.82) is 0 Å². The first-order valence-corrected chi connectivity index (χ1v) is 2.51. The molecule has 42 valence electrons. The molecule has 0 aromatic carbocycles. The second-order valence-electron chi connectivity index (χ2n) is 1.43. The minimum absolute atomic E-state index is 0.430. The lowest BCUT2D eigenvalue weighted by atomic mass is 10.3. The molecule has 0 unspecified atom stereocenters. The molecule has 7 heavy (non-hydrogen) atoms. The van der Waals surface area contributed by atoms with Gasteiger partial charge in [0.2, 0.25) is 0 Å². The van der Waals surface area contributed by atoms with Crippen molar-refractivity contribution in [2.75, 3.05) is 6.67 Å². The number of hydrogen-bond donors (Lipinski definition) is 1. The Morgan fingerprint density at radius 2 is 2.29 bits per heavy atom. The molecule has 0 amide bonds. The fraction of sp³-hybridized carbons (Fsp3) is 0.800. The molecule has 0 aliphatic rings. The van der Waals surface area contributed by atoms with Crippen molar-refractivity contribution in [1.82, 2.24) is 0 Å². The van der Waals surface area contributed by atoms with Gasteiger partial charge in [-0.1, -0.05) is 6.92 Å². The summed E-state index contributed by atoms with van der Waals surface area (Å²) in [5.41, 5.74) is 6.24. The van der Waals surface area contributed by atoms with E-state index < -0.39 is 0 Å². The third-order valence-corrected chi connectivity index (χ3v) is 0.873. The van der Waals surface area contributed by atoms with Crippen LogP contribution in [0.1, 0.15) is 20.3 Å². The predicted molar refractivity (Wildman–Crippen MR) is 32.5 cm³/mol. The summed E-state index contributed by atoms with van der Waals surface area (Å²) in [7, 11) is 0. The van der Waals surface area contributed by atoms with Crippen LogP contribution in [0.15, 0.2) is 4.99 Å². The molecule has 2 heteroatoms. The SMILES string of the molecule is CCC(C)=NCN. The van der Waals surface area contributed by atoms with E-state index in [0.29, 0.717) is 6.67 Å². The zero-order chi connectivity index (χ0) is 5.70. The average molecular weight is 100 g/mol. The fourth-order valence-corrected chi connectivity index (χ4v) is 0.268. The summed E-state index contributed by atoms with van der Waals surface area (Å²) >= 11 is 0. The van der Waals surface area contributed by atoms with Crippen LogP contribution >= 0.6 is 0 Å². The van der Waals surface area contributed by atoms with E-state index in [4.69, 9.17) is 5.73 Å². The lowest BCUT2D eigenvalue weighted by Crippen LogP contribution is -1.98. The van der Waals surface area contributed by atoms with Gasteiger partial charge in [0.05, 0.1) is 6.67 Å². The van der Waals surface area contributed by atoms with Crippen LogP contribution in [0.2, 0.25) is 0 Å². The zero-order valence-corrected chi connectivity index (χ0v) is 4.94. The molecule has 0 saturated carbocycles. The van der Waals surface area contributed by atoms with E-state index in [1.54, 1.807) is 0 Å². The van der Waals surface area contributed by atoms with Gasteiger partial charge in [0.25, 0.3) is 0 Å². The molecule has 0 radical (unpaired) electrons. The van der Waals surface area contributed by atoms with E-state index in [0.717, 1.165) is 12.1 Å². The molecule has 0 fully saturated rings. The van der Waals surface area contributed by atoms with Crippen LogP contribution in [-0.2, 0) is 0 Å². The van der Waals surface area contributed by atoms with Crippen molar-refractivity contribution in [2.45, 2.75) is 20.3 Å². The second-order valence-corrected chi connectivity index (χ2v) is 1.43. The molecule has 0 aromatic rings. The quantitative estimate of drug-likeness (QED) is 0.511. The van der Waals surface area contributed by atoms with Crippen LogP contribution in [0.25, 0.3) is 0 Å².